The largest absolute Gasteiger partial charge is 0.447 e. The van der Waals surface area contributed by atoms with E-state index in [1.165, 1.54) is 6.92 Å². The van der Waals surface area contributed by atoms with Gasteiger partial charge in [0.15, 0.2) is 17.8 Å². The molecule has 0 spiro atoms. The fourth-order valence-corrected chi connectivity index (χ4v) is 3.80. The summed E-state index contributed by atoms with van der Waals surface area (Å²) in [5, 5.41) is 7.73. The van der Waals surface area contributed by atoms with Gasteiger partial charge < -0.3 is 45.4 Å². The molecule has 0 saturated carbocycles. The Balaban J connectivity index is 1.35. The van der Waals surface area contributed by atoms with Gasteiger partial charge in [0, 0.05) is 13.1 Å². The third-order valence-electron chi connectivity index (χ3n) is 5.64. The van der Waals surface area contributed by atoms with Crippen LogP contribution in [0.5, 0.6) is 0 Å². The molecule has 204 valence electrons. The number of nitrogens with two attached hydrogens (primary N) is 1. The summed E-state index contributed by atoms with van der Waals surface area (Å²) in [5.41, 5.74) is 6.47. The molecule has 5 atom stereocenters. The Morgan fingerprint density at radius 3 is 2.27 bits per heavy atom. The van der Waals surface area contributed by atoms with Gasteiger partial charge in [-0.1, -0.05) is 30.3 Å². The minimum absolute atomic E-state index is 0.165. The lowest BCUT2D eigenvalue weighted by Gasteiger charge is -2.25. The summed E-state index contributed by atoms with van der Waals surface area (Å²) in [6.07, 6.45) is -3.74. The molecular formula is C24H34N4O9. The molecule has 0 aliphatic carbocycles. The first-order valence-corrected chi connectivity index (χ1v) is 12.0. The number of rotatable bonds is 11. The van der Waals surface area contributed by atoms with Crippen LogP contribution in [0.3, 0.4) is 0 Å². The van der Waals surface area contributed by atoms with Gasteiger partial charge in [-0.05, 0) is 32.8 Å². The number of Topliss-reactive ketones (excluding diaryl/α,β-unsaturated/α-hetero) is 1. The number of hydrogen-bond acceptors (Lipinski definition) is 10. The number of ketones is 1. The van der Waals surface area contributed by atoms with Crippen LogP contribution in [0.2, 0.25) is 0 Å². The molecule has 2 aliphatic rings. The third kappa shape index (κ3) is 8.39. The summed E-state index contributed by atoms with van der Waals surface area (Å²) in [7, 11) is 0. The molecule has 0 radical (unpaired) electrons. The van der Waals surface area contributed by atoms with Gasteiger partial charge in [0.25, 0.3) is 0 Å². The van der Waals surface area contributed by atoms with Gasteiger partial charge in [0.1, 0.15) is 37.6 Å². The second-order valence-electron chi connectivity index (χ2n) is 9.12. The molecule has 0 bridgehead atoms. The lowest BCUT2D eigenvalue weighted by molar-refractivity contribution is -0.194. The average Bonchev–Trinajstić information content (AvgIpc) is 3.34. The number of alkyl carbamates (subject to hydrolysis) is 2. The molecule has 3 amide bonds. The van der Waals surface area contributed by atoms with Gasteiger partial charge in [-0.3, -0.25) is 9.59 Å². The summed E-state index contributed by atoms with van der Waals surface area (Å²) in [4.78, 5) is 47.5. The van der Waals surface area contributed by atoms with Crippen molar-refractivity contribution < 1.29 is 42.9 Å². The second kappa shape index (κ2) is 12.8. The molecule has 2 saturated heterocycles. The maximum atomic E-state index is 12.2. The van der Waals surface area contributed by atoms with E-state index < -0.39 is 60.2 Å². The average molecular weight is 523 g/mol. The number of carbonyl (C=O) groups excluding carboxylic acids is 4. The molecule has 1 unspecified atom stereocenters. The van der Waals surface area contributed by atoms with E-state index in [0.29, 0.717) is 13.0 Å². The van der Waals surface area contributed by atoms with E-state index in [2.05, 4.69) is 16.0 Å². The molecule has 5 N–H and O–H groups in total. The number of fused-ring (bicyclic) bond motifs is 1. The first-order valence-electron chi connectivity index (χ1n) is 12.0. The fraction of sp³-hybridized carbons (Fsp3) is 0.583. The standard InChI is InChI=1S/C24H34N4O9/c1-14(29)17(25)20(30)28-21-19-18(36-24(2,3)37-19)16(35-21)13-34-23(32)27-11-7-10-26-22(31)33-12-15-8-5-4-6-9-15/h4-6,8-9,16-19,21H,7,10-13,25H2,1-3H3,(H,26,31)(H,27,32)(H,28,30)/t16-,17?,18-,19-,21-/m1/s1. The SMILES string of the molecule is CC(=O)C(N)C(=O)N[C@@H]1O[C@H](COC(=O)NCCCNC(=O)OCc2ccccc2)[C@H]2OC(C)(C)O[C@H]21. The van der Waals surface area contributed by atoms with Crippen LogP contribution in [0.15, 0.2) is 30.3 Å². The van der Waals surface area contributed by atoms with E-state index in [-0.39, 0.29) is 19.8 Å². The maximum Gasteiger partial charge on any atom is 0.407 e. The minimum atomic E-state index is -1.33. The van der Waals surface area contributed by atoms with E-state index in [4.69, 9.17) is 29.4 Å². The summed E-state index contributed by atoms with van der Waals surface area (Å²) >= 11 is 0. The Morgan fingerprint density at radius 1 is 1.00 bits per heavy atom. The molecule has 2 aliphatic heterocycles. The van der Waals surface area contributed by atoms with Crippen molar-refractivity contribution in [3.05, 3.63) is 35.9 Å². The van der Waals surface area contributed by atoms with Crippen molar-refractivity contribution in [2.24, 2.45) is 5.73 Å². The number of carbonyl (C=O) groups is 4. The lowest BCUT2D eigenvalue weighted by atomic mass is 10.1. The Kier molecular flexibility index (Phi) is 9.80. The van der Waals surface area contributed by atoms with Crippen molar-refractivity contribution >= 4 is 23.9 Å². The van der Waals surface area contributed by atoms with Crippen LogP contribution in [0, 0.1) is 0 Å². The Labute approximate surface area is 214 Å². The molecule has 13 nitrogen and oxygen atoms in total. The van der Waals surface area contributed by atoms with Crippen molar-refractivity contribution in [2.45, 2.75) is 70.2 Å². The molecule has 37 heavy (non-hydrogen) atoms. The number of hydrogen-bond donors (Lipinski definition) is 4. The molecule has 2 heterocycles. The first-order chi connectivity index (χ1) is 17.6. The van der Waals surface area contributed by atoms with Crippen LogP contribution < -0.4 is 21.7 Å². The normalized spacial score (nSPS) is 24.4. The van der Waals surface area contributed by atoms with Crippen LogP contribution in [0.25, 0.3) is 0 Å². The summed E-state index contributed by atoms with van der Waals surface area (Å²) in [5.74, 6) is -2.14. The van der Waals surface area contributed by atoms with Crippen molar-refractivity contribution in [3.63, 3.8) is 0 Å². The number of benzene rings is 1. The summed E-state index contributed by atoms with van der Waals surface area (Å²) in [6, 6.07) is 7.97. The highest BCUT2D eigenvalue weighted by molar-refractivity contribution is 6.04. The Morgan fingerprint density at radius 2 is 1.62 bits per heavy atom. The summed E-state index contributed by atoms with van der Waals surface area (Å²) in [6.45, 7) is 5.19. The molecule has 0 aromatic heterocycles. The monoisotopic (exact) mass is 522 g/mol. The second-order valence-corrected chi connectivity index (χ2v) is 9.12. The predicted octanol–water partition coefficient (Wildman–Crippen LogP) is 0.307. The van der Waals surface area contributed by atoms with Gasteiger partial charge in [-0.15, -0.1) is 0 Å². The van der Waals surface area contributed by atoms with Crippen molar-refractivity contribution in [1.82, 2.24) is 16.0 Å². The van der Waals surface area contributed by atoms with E-state index in [0.717, 1.165) is 5.56 Å². The fourth-order valence-electron chi connectivity index (χ4n) is 3.80. The van der Waals surface area contributed by atoms with Crippen LogP contribution in [0.4, 0.5) is 9.59 Å². The van der Waals surface area contributed by atoms with Gasteiger partial charge in [-0.2, -0.15) is 0 Å². The van der Waals surface area contributed by atoms with Crippen LogP contribution in [-0.2, 0) is 39.9 Å². The number of ether oxygens (including phenoxy) is 5. The van der Waals surface area contributed by atoms with Gasteiger partial charge in [0.05, 0.1) is 0 Å². The smallest absolute Gasteiger partial charge is 0.407 e. The Hall–Kier alpha value is -3.26. The van der Waals surface area contributed by atoms with Crippen LogP contribution >= 0.6 is 0 Å². The van der Waals surface area contributed by atoms with Gasteiger partial charge in [0.2, 0.25) is 5.91 Å². The minimum Gasteiger partial charge on any atom is -0.447 e. The zero-order valence-electron chi connectivity index (χ0n) is 21.1. The van der Waals surface area contributed by atoms with E-state index in [9.17, 15) is 19.2 Å². The van der Waals surface area contributed by atoms with E-state index in [1.54, 1.807) is 13.8 Å². The zero-order chi connectivity index (χ0) is 27.0. The van der Waals surface area contributed by atoms with Gasteiger partial charge in [-0.25, -0.2) is 9.59 Å². The van der Waals surface area contributed by atoms with Crippen LogP contribution in [-0.4, -0.2) is 79.9 Å². The number of nitrogens with one attached hydrogen (secondary N) is 3. The third-order valence-corrected chi connectivity index (χ3v) is 5.64. The molecule has 13 heteroatoms. The molecule has 3 rings (SSSR count). The van der Waals surface area contributed by atoms with Crippen LogP contribution in [0.1, 0.15) is 32.8 Å². The van der Waals surface area contributed by atoms with Gasteiger partial charge >= 0.3 is 12.2 Å². The molecule has 2 fully saturated rings. The molecule has 1 aromatic rings. The molecule has 1 aromatic carbocycles. The topological polar surface area (TPSA) is 177 Å². The highest BCUT2D eigenvalue weighted by Crippen LogP contribution is 2.38. The van der Waals surface area contributed by atoms with Crippen molar-refractivity contribution in [1.29, 1.82) is 0 Å². The predicted molar refractivity (Wildman–Crippen MR) is 128 cm³/mol. The zero-order valence-corrected chi connectivity index (χ0v) is 21.1. The van der Waals surface area contributed by atoms with Crippen molar-refractivity contribution in [3.8, 4) is 0 Å². The highest BCUT2D eigenvalue weighted by atomic mass is 16.8. The first kappa shape index (κ1) is 28.3. The highest BCUT2D eigenvalue weighted by Gasteiger charge is 2.56. The summed E-state index contributed by atoms with van der Waals surface area (Å²) < 4.78 is 27.8. The van der Waals surface area contributed by atoms with Crippen molar-refractivity contribution in [2.75, 3.05) is 19.7 Å². The molecular weight excluding hydrogens is 488 g/mol. The lowest BCUT2D eigenvalue weighted by Crippen LogP contribution is -2.52. The maximum absolute atomic E-state index is 12.2. The quantitative estimate of drug-likeness (QED) is 0.234. The Bertz CT molecular complexity index is 959. The van der Waals surface area contributed by atoms with E-state index in [1.807, 2.05) is 30.3 Å². The number of amides is 3. The van der Waals surface area contributed by atoms with E-state index >= 15 is 0 Å².